The number of hydrogen-bond donors (Lipinski definition) is 2. The Labute approximate surface area is 166 Å². The lowest BCUT2D eigenvalue weighted by Crippen LogP contribution is -2.36. The number of rotatable bonds is 4. The largest absolute Gasteiger partial charge is 0.493 e. The number of aliphatic imine (C=N–C) groups is 1. The van der Waals surface area contributed by atoms with Crippen molar-refractivity contribution in [1.82, 2.24) is 14.9 Å². The molecule has 2 aliphatic heterocycles. The smallest absolute Gasteiger partial charge is 0.189 e. The third kappa shape index (κ3) is 2.80. The second-order valence-electron chi connectivity index (χ2n) is 6.76. The van der Waals surface area contributed by atoms with Gasteiger partial charge in [-0.25, -0.2) is 4.98 Å². The summed E-state index contributed by atoms with van der Waals surface area (Å²) in [7, 11) is 3.20. The molecule has 3 heterocycles. The molecule has 8 heteroatoms. The molecular weight excluding hydrogens is 370 g/mol. The third-order valence-electron chi connectivity index (χ3n) is 5.13. The highest BCUT2D eigenvalue weighted by atomic mass is 16.5. The minimum absolute atomic E-state index is 0.0980. The van der Waals surface area contributed by atoms with Crippen LogP contribution in [0.2, 0.25) is 0 Å². The lowest BCUT2D eigenvalue weighted by Gasteiger charge is -2.31. The van der Waals surface area contributed by atoms with E-state index < -0.39 is 0 Å². The number of allylic oxidation sites excluding steroid dienone is 1. The molecule has 2 aromatic carbocycles. The summed E-state index contributed by atoms with van der Waals surface area (Å²) in [6.07, 6.45) is 3.23. The van der Waals surface area contributed by atoms with Crippen LogP contribution in [-0.2, 0) is 0 Å². The number of aromatic amines is 1. The summed E-state index contributed by atoms with van der Waals surface area (Å²) in [6, 6.07) is 9.20. The molecule has 0 amide bonds. The van der Waals surface area contributed by atoms with Gasteiger partial charge in [-0.05, 0) is 24.3 Å². The molecule has 0 aliphatic carbocycles. The standard InChI is InChI=1S/C21H19N5O3/c1-28-18-8-13-15(9-19(18)29-2)25-20(26-6-5-22-21(13)26)10-17(27)12-3-4-14-16(7-12)24-11-23-14/h3-4,7-11,25H,5-6H2,1-2H3,(H,23,24)/b20-10+. The average Bonchev–Trinajstić information content (AvgIpc) is 3.42. The van der Waals surface area contributed by atoms with Crippen LogP contribution in [0.5, 0.6) is 11.5 Å². The number of hydrogen-bond acceptors (Lipinski definition) is 7. The van der Waals surface area contributed by atoms with Gasteiger partial charge in [-0.15, -0.1) is 0 Å². The van der Waals surface area contributed by atoms with Crippen molar-refractivity contribution >= 4 is 28.3 Å². The number of carbonyl (C=O) groups is 1. The van der Waals surface area contributed by atoms with Crippen LogP contribution < -0.4 is 14.8 Å². The highest BCUT2D eigenvalue weighted by Crippen LogP contribution is 2.38. The first-order valence-electron chi connectivity index (χ1n) is 9.22. The Morgan fingerprint density at radius 1 is 1.17 bits per heavy atom. The Hall–Kier alpha value is -3.81. The van der Waals surface area contributed by atoms with Gasteiger partial charge >= 0.3 is 0 Å². The number of anilines is 1. The van der Waals surface area contributed by atoms with E-state index in [1.165, 1.54) is 0 Å². The Morgan fingerprint density at radius 3 is 2.83 bits per heavy atom. The number of ether oxygens (including phenoxy) is 2. The van der Waals surface area contributed by atoms with Crippen LogP contribution in [-0.4, -0.2) is 53.8 Å². The van der Waals surface area contributed by atoms with Crippen molar-refractivity contribution in [1.29, 1.82) is 0 Å². The van der Waals surface area contributed by atoms with Gasteiger partial charge in [0.05, 0.1) is 43.8 Å². The van der Waals surface area contributed by atoms with Gasteiger partial charge in [-0.2, -0.15) is 0 Å². The number of fused-ring (bicyclic) bond motifs is 4. The van der Waals surface area contributed by atoms with Gasteiger partial charge in [-0.3, -0.25) is 9.79 Å². The number of nitrogens with zero attached hydrogens (tertiary/aromatic N) is 3. The fraction of sp³-hybridized carbons (Fsp3) is 0.190. The van der Waals surface area contributed by atoms with E-state index in [2.05, 4.69) is 20.3 Å². The average molecular weight is 389 g/mol. The van der Waals surface area contributed by atoms with Crippen molar-refractivity contribution in [2.45, 2.75) is 0 Å². The van der Waals surface area contributed by atoms with Crippen molar-refractivity contribution in [3.63, 3.8) is 0 Å². The molecule has 0 saturated heterocycles. The Balaban J connectivity index is 1.54. The SMILES string of the molecule is COc1cc2c(cc1OC)C1=NCCN1/C(=C/C(=O)c1ccc3nc[nH]c3c1)N2. The summed E-state index contributed by atoms with van der Waals surface area (Å²) in [5.74, 6) is 2.66. The number of aromatic nitrogens is 2. The molecule has 29 heavy (non-hydrogen) atoms. The minimum Gasteiger partial charge on any atom is -0.493 e. The molecule has 0 bridgehead atoms. The summed E-state index contributed by atoms with van der Waals surface area (Å²) in [5, 5.41) is 3.36. The summed E-state index contributed by atoms with van der Waals surface area (Å²) < 4.78 is 10.8. The minimum atomic E-state index is -0.0980. The summed E-state index contributed by atoms with van der Waals surface area (Å²) in [6.45, 7) is 1.37. The van der Waals surface area contributed by atoms with Crippen LogP contribution in [0, 0.1) is 0 Å². The highest BCUT2D eigenvalue weighted by molar-refractivity contribution is 6.11. The predicted molar refractivity (Wildman–Crippen MR) is 110 cm³/mol. The van der Waals surface area contributed by atoms with Crippen molar-refractivity contribution in [3.05, 3.63) is 59.7 Å². The Morgan fingerprint density at radius 2 is 2.00 bits per heavy atom. The number of ketones is 1. The maximum atomic E-state index is 12.9. The number of imidazole rings is 1. The second kappa shape index (κ2) is 6.66. The molecule has 5 rings (SSSR count). The van der Waals surface area contributed by atoms with Crippen molar-refractivity contribution < 1.29 is 14.3 Å². The highest BCUT2D eigenvalue weighted by Gasteiger charge is 2.31. The molecule has 8 nitrogen and oxygen atoms in total. The predicted octanol–water partition coefficient (Wildman–Crippen LogP) is 2.79. The van der Waals surface area contributed by atoms with E-state index in [1.807, 2.05) is 29.2 Å². The van der Waals surface area contributed by atoms with E-state index in [4.69, 9.17) is 9.47 Å². The lowest BCUT2D eigenvalue weighted by molar-refractivity contribution is 0.104. The molecule has 1 aromatic heterocycles. The Bertz CT molecular complexity index is 1190. The van der Waals surface area contributed by atoms with Crippen molar-refractivity contribution in [2.75, 3.05) is 32.6 Å². The monoisotopic (exact) mass is 389 g/mol. The van der Waals surface area contributed by atoms with Crippen LogP contribution >= 0.6 is 0 Å². The first-order chi connectivity index (χ1) is 14.2. The lowest BCUT2D eigenvalue weighted by atomic mass is 10.1. The number of methoxy groups -OCH3 is 2. The van der Waals surface area contributed by atoms with Gasteiger partial charge in [0.25, 0.3) is 0 Å². The topological polar surface area (TPSA) is 91.8 Å². The number of benzene rings is 2. The van der Waals surface area contributed by atoms with E-state index in [1.54, 1.807) is 32.7 Å². The van der Waals surface area contributed by atoms with E-state index >= 15 is 0 Å². The fourth-order valence-corrected chi connectivity index (χ4v) is 3.70. The zero-order valence-corrected chi connectivity index (χ0v) is 16.0. The van der Waals surface area contributed by atoms with Gasteiger partial charge in [0.2, 0.25) is 0 Å². The molecule has 0 atom stereocenters. The second-order valence-corrected chi connectivity index (χ2v) is 6.76. The number of carbonyl (C=O) groups excluding carboxylic acids is 1. The van der Waals surface area contributed by atoms with Gasteiger partial charge in [0, 0.05) is 29.8 Å². The summed E-state index contributed by atoms with van der Waals surface area (Å²) in [4.78, 5) is 26.8. The summed E-state index contributed by atoms with van der Waals surface area (Å²) >= 11 is 0. The molecule has 0 saturated carbocycles. The maximum absolute atomic E-state index is 12.9. The zero-order chi connectivity index (χ0) is 20.0. The first-order valence-corrected chi connectivity index (χ1v) is 9.22. The quantitative estimate of drug-likeness (QED) is 0.527. The molecule has 0 fully saturated rings. The molecular formula is C21H19N5O3. The van der Waals surface area contributed by atoms with E-state index in [-0.39, 0.29) is 5.78 Å². The number of amidine groups is 1. The third-order valence-corrected chi connectivity index (χ3v) is 5.13. The number of nitrogens with one attached hydrogen (secondary N) is 2. The molecule has 2 aliphatic rings. The van der Waals surface area contributed by atoms with Gasteiger partial charge < -0.3 is 24.7 Å². The fourth-order valence-electron chi connectivity index (χ4n) is 3.70. The molecule has 0 radical (unpaired) electrons. The van der Waals surface area contributed by atoms with Crippen LogP contribution in [0.25, 0.3) is 11.0 Å². The molecule has 2 N–H and O–H groups in total. The van der Waals surface area contributed by atoms with Crippen LogP contribution in [0.15, 0.2) is 53.5 Å². The first kappa shape index (κ1) is 17.3. The van der Waals surface area contributed by atoms with Crippen LogP contribution in [0.1, 0.15) is 15.9 Å². The maximum Gasteiger partial charge on any atom is 0.189 e. The Kier molecular flexibility index (Phi) is 3.97. The molecule has 146 valence electrons. The van der Waals surface area contributed by atoms with E-state index in [0.717, 1.165) is 28.1 Å². The molecule has 0 spiro atoms. The van der Waals surface area contributed by atoms with Gasteiger partial charge in [0.15, 0.2) is 17.3 Å². The van der Waals surface area contributed by atoms with Gasteiger partial charge in [0.1, 0.15) is 11.7 Å². The van der Waals surface area contributed by atoms with Crippen molar-refractivity contribution in [3.8, 4) is 11.5 Å². The molecule has 0 unspecified atom stereocenters. The zero-order valence-electron chi connectivity index (χ0n) is 16.0. The normalized spacial score (nSPS) is 16.3. The van der Waals surface area contributed by atoms with E-state index in [0.29, 0.717) is 36.0 Å². The van der Waals surface area contributed by atoms with Crippen LogP contribution in [0.4, 0.5) is 5.69 Å². The molecule has 3 aromatic rings. The summed E-state index contributed by atoms with van der Waals surface area (Å²) in [5.41, 5.74) is 3.99. The number of H-pyrrole nitrogens is 1. The van der Waals surface area contributed by atoms with Gasteiger partial charge in [-0.1, -0.05) is 0 Å². The van der Waals surface area contributed by atoms with Crippen molar-refractivity contribution in [2.24, 2.45) is 4.99 Å². The van der Waals surface area contributed by atoms with Crippen LogP contribution in [0.3, 0.4) is 0 Å². The van der Waals surface area contributed by atoms with E-state index in [9.17, 15) is 4.79 Å².